The quantitative estimate of drug-likeness (QED) is 0.634. The number of benzene rings is 2. The lowest BCUT2D eigenvalue weighted by Crippen LogP contribution is -2.47. The van der Waals surface area contributed by atoms with Gasteiger partial charge in [0.2, 0.25) is 0 Å². The molecule has 30 heavy (non-hydrogen) atoms. The summed E-state index contributed by atoms with van der Waals surface area (Å²) in [5, 5.41) is 3.98. The van der Waals surface area contributed by atoms with E-state index in [0.29, 0.717) is 16.5 Å². The van der Waals surface area contributed by atoms with Crippen molar-refractivity contribution < 1.29 is 0 Å². The number of aromatic nitrogens is 2. The average molecular weight is 423 g/mol. The van der Waals surface area contributed by atoms with Crippen molar-refractivity contribution in [1.29, 1.82) is 0 Å². The highest BCUT2D eigenvalue weighted by atomic mass is 35.5. The van der Waals surface area contributed by atoms with Gasteiger partial charge in [-0.15, -0.1) is 0 Å². The molecule has 1 fully saturated rings. The number of hydrogen-bond acceptors (Lipinski definition) is 6. The highest BCUT2D eigenvalue weighted by Crippen LogP contribution is 2.32. The summed E-state index contributed by atoms with van der Waals surface area (Å²) in [6.45, 7) is 9.91. The van der Waals surface area contributed by atoms with Crippen molar-refractivity contribution in [1.82, 2.24) is 9.97 Å². The number of piperazine rings is 1. The van der Waals surface area contributed by atoms with E-state index in [1.807, 2.05) is 25.1 Å². The van der Waals surface area contributed by atoms with Crippen LogP contribution in [0, 0.1) is 20.8 Å². The molecule has 0 aliphatic carbocycles. The predicted octanol–water partition coefficient (Wildman–Crippen LogP) is 4.71. The van der Waals surface area contributed by atoms with Gasteiger partial charge < -0.3 is 20.9 Å². The van der Waals surface area contributed by atoms with Crippen molar-refractivity contribution in [2.24, 2.45) is 0 Å². The standard InChI is InChI=1S/C23H27ClN6/c1-15-5-4-6-20(17(15)3)29-9-11-30(12-10-29)23-21(25)22(26-14-27-23)28-19-13-18(24)8-7-16(19)2/h4-8,13-14H,9-12,25H2,1-3H3,(H,26,27,28). The predicted molar refractivity (Wildman–Crippen MR) is 126 cm³/mol. The minimum Gasteiger partial charge on any atom is -0.393 e. The number of aryl methyl sites for hydroxylation is 2. The zero-order valence-corrected chi connectivity index (χ0v) is 18.4. The summed E-state index contributed by atoms with van der Waals surface area (Å²) in [7, 11) is 0. The Morgan fingerprint density at radius 1 is 0.933 bits per heavy atom. The lowest BCUT2D eigenvalue weighted by Gasteiger charge is -2.38. The maximum atomic E-state index is 6.46. The lowest BCUT2D eigenvalue weighted by molar-refractivity contribution is 0.646. The molecular formula is C23H27ClN6. The Bertz CT molecular complexity index is 1060. The number of halogens is 1. The molecule has 0 bridgehead atoms. The molecule has 0 radical (unpaired) electrons. The molecule has 1 saturated heterocycles. The zero-order chi connectivity index (χ0) is 21.3. The molecule has 2 aromatic carbocycles. The molecule has 0 amide bonds. The van der Waals surface area contributed by atoms with E-state index in [-0.39, 0.29) is 0 Å². The summed E-state index contributed by atoms with van der Waals surface area (Å²) in [5.74, 6) is 1.37. The monoisotopic (exact) mass is 422 g/mol. The average Bonchev–Trinajstić information content (AvgIpc) is 2.74. The third kappa shape index (κ3) is 4.00. The van der Waals surface area contributed by atoms with Crippen molar-refractivity contribution in [2.75, 3.05) is 47.0 Å². The van der Waals surface area contributed by atoms with E-state index in [1.54, 1.807) is 6.33 Å². The molecular weight excluding hydrogens is 396 g/mol. The number of nitrogens with one attached hydrogen (secondary N) is 1. The van der Waals surface area contributed by atoms with Gasteiger partial charge in [0.05, 0.1) is 0 Å². The smallest absolute Gasteiger partial charge is 0.159 e. The summed E-state index contributed by atoms with van der Waals surface area (Å²) in [4.78, 5) is 13.5. The van der Waals surface area contributed by atoms with Gasteiger partial charge in [-0.3, -0.25) is 0 Å². The molecule has 1 aliphatic rings. The minimum absolute atomic E-state index is 0.553. The number of hydrogen-bond donors (Lipinski definition) is 2. The van der Waals surface area contributed by atoms with Crippen molar-refractivity contribution in [3.63, 3.8) is 0 Å². The maximum Gasteiger partial charge on any atom is 0.159 e. The van der Waals surface area contributed by atoms with E-state index in [9.17, 15) is 0 Å². The minimum atomic E-state index is 0.553. The van der Waals surface area contributed by atoms with Crippen LogP contribution in [0.3, 0.4) is 0 Å². The summed E-state index contributed by atoms with van der Waals surface area (Å²) in [6, 6.07) is 12.2. The third-order valence-electron chi connectivity index (χ3n) is 5.81. The SMILES string of the molecule is Cc1ccc(Cl)cc1Nc1ncnc(N2CCN(c3cccc(C)c3C)CC2)c1N. The Morgan fingerprint density at radius 2 is 1.67 bits per heavy atom. The maximum absolute atomic E-state index is 6.46. The van der Waals surface area contributed by atoms with Gasteiger partial charge in [-0.25, -0.2) is 9.97 Å². The van der Waals surface area contributed by atoms with Crippen LogP contribution in [0.25, 0.3) is 0 Å². The van der Waals surface area contributed by atoms with Crippen LogP contribution in [0.5, 0.6) is 0 Å². The van der Waals surface area contributed by atoms with E-state index < -0.39 is 0 Å². The summed E-state index contributed by atoms with van der Waals surface area (Å²) >= 11 is 6.14. The Morgan fingerprint density at radius 3 is 2.43 bits per heavy atom. The second kappa shape index (κ2) is 8.40. The second-order valence-electron chi connectivity index (χ2n) is 7.74. The van der Waals surface area contributed by atoms with Crippen LogP contribution >= 0.6 is 11.6 Å². The first-order valence-electron chi connectivity index (χ1n) is 10.1. The van der Waals surface area contributed by atoms with Crippen LogP contribution in [0.2, 0.25) is 5.02 Å². The number of nitrogens with zero attached hydrogens (tertiary/aromatic N) is 4. The molecule has 0 unspecified atom stereocenters. The van der Waals surface area contributed by atoms with Crippen LogP contribution in [0.15, 0.2) is 42.7 Å². The summed E-state index contributed by atoms with van der Waals surface area (Å²) in [6.07, 6.45) is 1.56. The number of rotatable bonds is 4. The first-order chi connectivity index (χ1) is 14.4. The molecule has 156 valence electrons. The molecule has 1 aliphatic heterocycles. The summed E-state index contributed by atoms with van der Waals surface area (Å²) in [5.41, 5.74) is 12.9. The number of nitrogens with two attached hydrogens (primary N) is 1. The molecule has 1 aromatic heterocycles. The molecule has 4 rings (SSSR count). The Labute approximate surface area is 182 Å². The van der Waals surface area contributed by atoms with E-state index in [0.717, 1.165) is 43.2 Å². The van der Waals surface area contributed by atoms with E-state index in [4.69, 9.17) is 17.3 Å². The van der Waals surface area contributed by atoms with Gasteiger partial charge in [-0.1, -0.05) is 29.8 Å². The highest BCUT2D eigenvalue weighted by molar-refractivity contribution is 6.30. The van der Waals surface area contributed by atoms with E-state index in [1.165, 1.54) is 16.8 Å². The normalized spacial score (nSPS) is 14.1. The largest absolute Gasteiger partial charge is 0.393 e. The number of anilines is 5. The molecule has 6 nitrogen and oxygen atoms in total. The van der Waals surface area contributed by atoms with Crippen LogP contribution in [-0.4, -0.2) is 36.1 Å². The van der Waals surface area contributed by atoms with Gasteiger partial charge in [0.15, 0.2) is 11.6 Å². The van der Waals surface area contributed by atoms with Gasteiger partial charge in [0.1, 0.15) is 12.0 Å². The molecule has 2 heterocycles. The fourth-order valence-electron chi connectivity index (χ4n) is 3.83. The van der Waals surface area contributed by atoms with Gasteiger partial charge in [-0.05, 0) is 55.7 Å². The third-order valence-corrected chi connectivity index (χ3v) is 6.05. The van der Waals surface area contributed by atoms with Crippen molar-refractivity contribution in [3.05, 3.63) is 64.4 Å². The van der Waals surface area contributed by atoms with Crippen LogP contribution in [0.1, 0.15) is 16.7 Å². The van der Waals surface area contributed by atoms with Gasteiger partial charge in [0, 0.05) is 42.6 Å². The first kappa shape index (κ1) is 20.3. The highest BCUT2D eigenvalue weighted by Gasteiger charge is 2.22. The van der Waals surface area contributed by atoms with Crippen LogP contribution in [-0.2, 0) is 0 Å². The van der Waals surface area contributed by atoms with Gasteiger partial charge in [0.25, 0.3) is 0 Å². The molecule has 7 heteroatoms. The molecule has 0 atom stereocenters. The van der Waals surface area contributed by atoms with Crippen molar-refractivity contribution >= 4 is 40.3 Å². The Kier molecular flexibility index (Phi) is 5.68. The van der Waals surface area contributed by atoms with Gasteiger partial charge in [-0.2, -0.15) is 0 Å². The van der Waals surface area contributed by atoms with Crippen LogP contribution in [0.4, 0.5) is 28.7 Å². The lowest BCUT2D eigenvalue weighted by atomic mass is 10.1. The Balaban J connectivity index is 1.51. The van der Waals surface area contributed by atoms with E-state index >= 15 is 0 Å². The topological polar surface area (TPSA) is 70.3 Å². The van der Waals surface area contributed by atoms with E-state index in [2.05, 4.69) is 57.1 Å². The zero-order valence-electron chi connectivity index (χ0n) is 17.6. The molecule has 3 N–H and O–H groups in total. The molecule has 3 aromatic rings. The van der Waals surface area contributed by atoms with Crippen molar-refractivity contribution in [3.8, 4) is 0 Å². The first-order valence-corrected chi connectivity index (χ1v) is 10.5. The molecule has 0 spiro atoms. The summed E-state index contributed by atoms with van der Waals surface area (Å²) < 4.78 is 0. The van der Waals surface area contributed by atoms with Crippen molar-refractivity contribution in [2.45, 2.75) is 20.8 Å². The second-order valence-corrected chi connectivity index (χ2v) is 8.17. The number of nitrogen functional groups attached to an aromatic ring is 1. The Hall–Kier alpha value is -2.99. The van der Waals surface area contributed by atoms with Gasteiger partial charge >= 0.3 is 0 Å². The fourth-order valence-corrected chi connectivity index (χ4v) is 4.00. The molecule has 0 saturated carbocycles. The van der Waals surface area contributed by atoms with Crippen LogP contribution < -0.4 is 20.9 Å². The fraction of sp³-hybridized carbons (Fsp3) is 0.304.